The van der Waals surface area contributed by atoms with Crippen molar-refractivity contribution in [3.8, 4) is 5.75 Å². The number of hydrogen-bond acceptors (Lipinski definition) is 1. The molecule has 0 saturated heterocycles. The molecular weight excluding hydrogens is 279 g/mol. The lowest BCUT2D eigenvalue weighted by Crippen LogP contribution is -2.28. The van der Waals surface area contributed by atoms with Gasteiger partial charge < -0.3 is 4.74 Å². The molecule has 1 aromatic carbocycles. The van der Waals surface area contributed by atoms with E-state index in [1.807, 2.05) is 30.3 Å². The van der Waals surface area contributed by atoms with Gasteiger partial charge in [0.2, 0.25) is 0 Å². The monoisotopic (exact) mass is 302 g/mol. The first-order valence-corrected chi connectivity index (χ1v) is 7.98. The predicted octanol–water partition coefficient (Wildman–Crippen LogP) is 5.36. The summed E-state index contributed by atoms with van der Waals surface area (Å²) in [6, 6.07) is 9.91. The second-order valence-electron chi connectivity index (χ2n) is 5.63. The summed E-state index contributed by atoms with van der Waals surface area (Å²) in [4.78, 5) is 0. The summed E-state index contributed by atoms with van der Waals surface area (Å²) in [6.07, 6.45) is 3.08. The number of halogens is 2. The van der Waals surface area contributed by atoms with Crippen molar-refractivity contribution in [1.29, 1.82) is 0 Å². The summed E-state index contributed by atoms with van der Waals surface area (Å²) < 4.78 is 5.71. The lowest BCUT2D eigenvalue weighted by Gasteiger charge is -2.31. The van der Waals surface area contributed by atoms with E-state index >= 15 is 0 Å². The molecule has 0 radical (unpaired) electrons. The Hall–Kier alpha value is -0.400. The maximum Gasteiger partial charge on any atom is 0.119 e. The molecule has 0 fully saturated rings. The molecule has 0 unspecified atom stereocenters. The highest BCUT2D eigenvalue weighted by Crippen LogP contribution is 2.34. The van der Waals surface area contributed by atoms with Gasteiger partial charge in [0.1, 0.15) is 5.75 Å². The van der Waals surface area contributed by atoms with Crippen LogP contribution in [0.15, 0.2) is 30.3 Å². The number of ether oxygens (including phenoxy) is 1. The molecule has 0 aliphatic heterocycles. The summed E-state index contributed by atoms with van der Waals surface area (Å²) in [6.45, 7) is 5.15. The van der Waals surface area contributed by atoms with Gasteiger partial charge in [-0.05, 0) is 42.7 Å². The lowest BCUT2D eigenvalue weighted by atomic mass is 9.80. The van der Waals surface area contributed by atoms with Crippen molar-refractivity contribution in [1.82, 2.24) is 0 Å². The van der Waals surface area contributed by atoms with Crippen molar-refractivity contribution in [3.05, 3.63) is 30.3 Å². The Morgan fingerprint density at radius 2 is 1.74 bits per heavy atom. The van der Waals surface area contributed by atoms with Gasteiger partial charge in [0.25, 0.3) is 0 Å². The highest BCUT2D eigenvalue weighted by Gasteiger charge is 2.28. The Kier molecular flexibility index (Phi) is 7.63. The molecule has 0 aliphatic carbocycles. The number of hydrogen-bond donors (Lipinski definition) is 0. The maximum atomic E-state index is 6.14. The highest BCUT2D eigenvalue weighted by molar-refractivity contribution is 6.21. The van der Waals surface area contributed by atoms with E-state index in [1.165, 1.54) is 0 Å². The zero-order valence-electron chi connectivity index (χ0n) is 11.9. The minimum Gasteiger partial charge on any atom is -0.494 e. The molecule has 0 amide bonds. The molecule has 0 N–H and O–H groups in total. The Morgan fingerprint density at radius 1 is 1.11 bits per heavy atom. The molecule has 0 bridgehead atoms. The van der Waals surface area contributed by atoms with E-state index in [2.05, 4.69) is 13.8 Å². The first kappa shape index (κ1) is 16.7. The fourth-order valence-electron chi connectivity index (χ4n) is 2.40. The topological polar surface area (TPSA) is 9.23 Å². The van der Waals surface area contributed by atoms with Gasteiger partial charge in [-0.25, -0.2) is 0 Å². The van der Waals surface area contributed by atoms with E-state index in [1.54, 1.807) is 0 Å². The van der Waals surface area contributed by atoms with Gasteiger partial charge >= 0.3 is 0 Å². The van der Waals surface area contributed by atoms with Crippen LogP contribution in [0, 0.1) is 11.3 Å². The summed E-state index contributed by atoms with van der Waals surface area (Å²) >= 11 is 12.3. The molecule has 1 nitrogen and oxygen atoms in total. The molecule has 19 heavy (non-hydrogen) atoms. The summed E-state index contributed by atoms with van der Waals surface area (Å²) in [5, 5.41) is 0. The first-order chi connectivity index (χ1) is 9.12. The Morgan fingerprint density at radius 3 is 2.26 bits per heavy atom. The molecular formula is C16H24Cl2O. The van der Waals surface area contributed by atoms with Crippen LogP contribution in [-0.4, -0.2) is 18.4 Å². The molecule has 0 aromatic heterocycles. The van der Waals surface area contributed by atoms with Crippen molar-refractivity contribution in [2.75, 3.05) is 18.4 Å². The van der Waals surface area contributed by atoms with Gasteiger partial charge in [-0.2, -0.15) is 0 Å². The second-order valence-corrected chi connectivity index (χ2v) is 6.16. The van der Waals surface area contributed by atoms with E-state index in [0.29, 0.717) is 17.7 Å². The maximum absolute atomic E-state index is 6.14. The average molecular weight is 303 g/mol. The average Bonchev–Trinajstić information content (AvgIpc) is 2.43. The zero-order valence-corrected chi connectivity index (χ0v) is 13.4. The minimum atomic E-state index is 0.0529. The largest absolute Gasteiger partial charge is 0.494 e. The lowest BCUT2D eigenvalue weighted by molar-refractivity contribution is 0.232. The molecule has 0 atom stereocenters. The van der Waals surface area contributed by atoms with E-state index in [4.69, 9.17) is 27.9 Å². The number of rotatable bonds is 9. The van der Waals surface area contributed by atoms with Crippen LogP contribution >= 0.6 is 23.2 Å². The van der Waals surface area contributed by atoms with Gasteiger partial charge in [-0.3, -0.25) is 0 Å². The third kappa shape index (κ3) is 6.05. The first-order valence-electron chi connectivity index (χ1n) is 6.92. The number of alkyl halides is 2. The molecule has 0 heterocycles. The van der Waals surface area contributed by atoms with Gasteiger partial charge in [0.15, 0.2) is 0 Å². The van der Waals surface area contributed by atoms with Crippen molar-refractivity contribution in [3.63, 3.8) is 0 Å². The van der Waals surface area contributed by atoms with Crippen LogP contribution in [-0.2, 0) is 0 Å². The summed E-state index contributed by atoms with van der Waals surface area (Å²) in [5.74, 6) is 2.79. The molecule has 1 aromatic rings. The quantitative estimate of drug-likeness (QED) is 0.441. The minimum absolute atomic E-state index is 0.0529. The van der Waals surface area contributed by atoms with Crippen LogP contribution in [0.1, 0.15) is 33.1 Å². The highest BCUT2D eigenvalue weighted by atomic mass is 35.5. The summed E-state index contributed by atoms with van der Waals surface area (Å²) in [7, 11) is 0. The summed E-state index contributed by atoms with van der Waals surface area (Å²) in [5.41, 5.74) is 0.0529. The molecule has 3 heteroatoms. The molecule has 0 aliphatic rings. The van der Waals surface area contributed by atoms with Gasteiger partial charge in [0, 0.05) is 11.8 Å². The number of para-hydroxylation sites is 1. The van der Waals surface area contributed by atoms with Crippen LogP contribution in [0.25, 0.3) is 0 Å². The van der Waals surface area contributed by atoms with Crippen LogP contribution in [0.2, 0.25) is 0 Å². The molecule has 0 spiro atoms. The van der Waals surface area contributed by atoms with Crippen LogP contribution in [0.4, 0.5) is 0 Å². The Balaban J connectivity index is 2.36. The number of benzene rings is 1. The van der Waals surface area contributed by atoms with Crippen molar-refractivity contribution >= 4 is 23.2 Å². The van der Waals surface area contributed by atoms with E-state index < -0.39 is 0 Å². The molecule has 108 valence electrons. The Bertz CT molecular complexity index is 334. The van der Waals surface area contributed by atoms with Gasteiger partial charge in [-0.1, -0.05) is 32.0 Å². The fraction of sp³-hybridized carbons (Fsp3) is 0.625. The zero-order chi connectivity index (χ0) is 14.1. The van der Waals surface area contributed by atoms with E-state index in [-0.39, 0.29) is 5.41 Å². The second kappa shape index (κ2) is 8.71. The normalized spacial score (nSPS) is 11.8. The van der Waals surface area contributed by atoms with Crippen LogP contribution < -0.4 is 4.74 Å². The standard InChI is InChI=1S/C16H24Cl2O/c1-14(2)11-16(12-17,13-18)9-6-10-19-15-7-4-3-5-8-15/h3-5,7-8,14H,6,9-13H2,1-2H3. The van der Waals surface area contributed by atoms with Gasteiger partial charge in [-0.15, -0.1) is 23.2 Å². The third-order valence-electron chi connectivity index (χ3n) is 3.27. The smallest absolute Gasteiger partial charge is 0.119 e. The molecule has 0 saturated carbocycles. The fourth-order valence-corrected chi connectivity index (χ4v) is 3.17. The van der Waals surface area contributed by atoms with Crippen molar-refractivity contribution < 1.29 is 4.74 Å². The predicted molar refractivity (Wildman–Crippen MR) is 84.5 cm³/mol. The SMILES string of the molecule is CC(C)CC(CCl)(CCl)CCCOc1ccccc1. The van der Waals surface area contributed by atoms with E-state index in [9.17, 15) is 0 Å². The van der Waals surface area contributed by atoms with Crippen LogP contribution in [0.3, 0.4) is 0 Å². The van der Waals surface area contributed by atoms with Crippen molar-refractivity contribution in [2.45, 2.75) is 33.1 Å². The Labute approximate surface area is 127 Å². The third-order valence-corrected chi connectivity index (χ3v) is 4.41. The van der Waals surface area contributed by atoms with Crippen molar-refractivity contribution in [2.24, 2.45) is 11.3 Å². The molecule has 1 rings (SSSR count). The van der Waals surface area contributed by atoms with E-state index in [0.717, 1.165) is 31.6 Å². The van der Waals surface area contributed by atoms with Crippen LogP contribution in [0.5, 0.6) is 5.75 Å². The van der Waals surface area contributed by atoms with Gasteiger partial charge in [0.05, 0.1) is 6.61 Å².